The number of ether oxygens (including phenoxy) is 2. The Labute approximate surface area is 146 Å². The molecule has 1 atom stereocenters. The minimum atomic E-state index is 0.594. The van der Waals surface area contributed by atoms with Crippen LogP contribution in [0.15, 0.2) is 54.6 Å². The molecular formula is C22H30O2. The highest BCUT2D eigenvalue weighted by atomic mass is 16.5. The second-order valence-electron chi connectivity index (χ2n) is 6.46. The first-order valence-electron chi connectivity index (χ1n) is 9.17. The van der Waals surface area contributed by atoms with Crippen LogP contribution >= 0.6 is 0 Å². The van der Waals surface area contributed by atoms with Crippen LogP contribution in [-0.4, -0.2) is 6.61 Å². The minimum Gasteiger partial charge on any atom is -0.494 e. The van der Waals surface area contributed by atoms with E-state index in [1.807, 2.05) is 42.5 Å². The van der Waals surface area contributed by atoms with E-state index < -0.39 is 0 Å². The number of unbranched alkanes of at least 4 members (excludes halogenated alkanes) is 2. The number of hydrogen-bond acceptors (Lipinski definition) is 2. The van der Waals surface area contributed by atoms with E-state index in [0.717, 1.165) is 30.4 Å². The smallest absolute Gasteiger partial charge is 0.120 e. The molecule has 130 valence electrons. The van der Waals surface area contributed by atoms with Crippen LogP contribution in [0.3, 0.4) is 0 Å². The van der Waals surface area contributed by atoms with Gasteiger partial charge in [0, 0.05) is 0 Å². The molecule has 2 aromatic rings. The summed E-state index contributed by atoms with van der Waals surface area (Å²) >= 11 is 0. The number of hydrogen-bond donors (Lipinski definition) is 0. The van der Waals surface area contributed by atoms with Crippen LogP contribution < -0.4 is 9.47 Å². The van der Waals surface area contributed by atoms with Gasteiger partial charge in [-0.3, -0.25) is 0 Å². The molecule has 0 aliphatic rings. The monoisotopic (exact) mass is 326 g/mol. The molecule has 0 aliphatic carbocycles. The predicted octanol–water partition coefficient (Wildman–Crippen LogP) is 6.25. The summed E-state index contributed by atoms with van der Waals surface area (Å²) in [6.07, 6.45) is 6.31. The van der Waals surface area contributed by atoms with Crippen LogP contribution in [0.4, 0.5) is 0 Å². The molecular weight excluding hydrogens is 296 g/mol. The van der Waals surface area contributed by atoms with Gasteiger partial charge in [0.2, 0.25) is 0 Å². The largest absolute Gasteiger partial charge is 0.494 e. The van der Waals surface area contributed by atoms with Crippen molar-refractivity contribution in [1.82, 2.24) is 0 Å². The highest BCUT2D eigenvalue weighted by Crippen LogP contribution is 2.19. The predicted molar refractivity (Wildman–Crippen MR) is 101 cm³/mol. The first-order valence-corrected chi connectivity index (χ1v) is 9.17. The summed E-state index contributed by atoms with van der Waals surface area (Å²) in [7, 11) is 0. The van der Waals surface area contributed by atoms with E-state index in [1.54, 1.807) is 0 Å². The molecule has 2 rings (SSSR count). The lowest BCUT2D eigenvalue weighted by Crippen LogP contribution is -1.99. The average Bonchev–Trinajstić information content (AvgIpc) is 2.64. The molecule has 24 heavy (non-hydrogen) atoms. The van der Waals surface area contributed by atoms with Gasteiger partial charge in [0.15, 0.2) is 0 Å². The highest BCUT2D eigenvalue weighted by molar-refractivity contribution is 5.31. The van der Waals surface area contributed by atoms with E-state index in [4.69, 9.17) is 9.47 Å². The Morgan fingerprint density at radius 3 is 2.12 bits per heavy atom. The van der Waals surface area contributed by atoms with Crippen LogP contribution in [0.2, 0.25) is 0 Å². The highest BCUT2D eigenvalue weighted by Gasteiger charge is 2.00. The number of benzene rings is 2. The van der Waals surface area contributed by atoms with Crippen molar-refractivity contribution in [3.63, 3.8) is 0 Å². The van der Waals surface area contributed by atoms with Crippen molar-refractivity contribution in [2.45, 2.75) is 52.6 Å². The summed E-state index contributed by atoms with van der Waals surface area (Å²) in [6.45, 7) is 5.99. The molecule has 0 aliphatic heterocycles. The van der Waals surface area contributed by atoms with Gasteiger partial charge in [-0.25, -0.2) is 0 Å². The Morgan fingerprint density at radius 1 is 0.792 bits per heavy atom. The van der Waals surface area contributed by atoms with E-state index in [1.165, 1.54) is 31.2 Å². The number of rotatable bonds is 11. The molecule has 0 heterocycles. The first kappa shape index (κ1) is 18.4. The van der Waals surface area contributed by atoms with Gasteiger partial charge in [0.1, 0.15) is 18.1 Å². The Morgan fingerprint density at radius 2 is 1.46 bits per heavy atom. The van der Waals surface area contributed by atoms with E-state index in [2.05, 4.69) is 26.0 Å². The molecule has 0 radical (unpaired) electrons. The van der Waals surface area contributed by atoms with Gasteiger partial charge in [-0.15, -0.1) is 0 Å². The molecule has 0 fully saturated rings. The zero-order chi connectivity index (χ0) is 17.0. The summed E-state index contributed by atoms with van der Waals surface area (Å²) < 4.78 is 11.6. The Kier molecular flexibility index (Phi) is 8.23. The van der Waals surface area contributed by atoms with Crippen LogP contribution in [0.25, 0.3) is 0 Å². The minimum absolute atomic E-state index is 0.594. The molecule has 0 saturated carbocycles. The fourth-order valence-corrected chi connectivity index (χ4v) is 2.54. The van der Waals surface area contributed by atoms with E-state index in [-0.39, 0.29) is 0 Å². The van der Waals surface area contributed by atoms with E-state index in [0.29, 0.717) is 6.61 Å². The topological polar surface area (TPSA) is 18.5 Å². The fourth-order valence-electron chi connectivity index (χ4n) is 2.54. The van der Waals surface area contributed by atoms with Crippen molar-refractivity contribution in [3.05, 3.63) is 60.2 Å². The molecule has 0 bridgehead atoms. The normalized spacial score (nSPS) is 11.9. The quantitative estimate of drug-likeness (QED) is 0.454. The molecule has 2 aromatic carbocycles. The average molecular weight is 326 g/mol. The molecule has 0 spiro atoms. The molecule has 0 saturated heterocycles. The fraction of sp³-hybridized carbons (Fsp3) is 0.455. The van der Waals surface area contributed by atoms with Crippen molar-refractivity contribution in [2.75, 3.05) is 6.61 Å². The van der Waals surface area contributed by atoms with Crippen molar-refractivity contribution >= 4 is 0 Å². The van der Waals surface area contributed by atoms with Crippen LogP contribution in [0.1, 0.15) is 51.5 Å². The lowest BCUT2D eigenvalue weighted by atomic mass is 10.0. The zero-order valence-corrected chi connectivity index (χ0v) is 15.0. The van der Waals surface area contributed by atoms with Gasteiger partial charge in [-0.2, -0.15) is 0 Å². The van der Waals surface area contributed by atoms with Crippen molar-refractivity contribution in [3.8, 4) is 11.5 Å². The standard InChI is InChI=1S/C22H30O2/c1-3-19(2)10-6-5-9-17-23-21-13-15-22(16-14-21)24-18-20-11-7-4-8-12-20/h4,7-8,11-16,19H,3,5-6,9-10,17-18H2,1-2H3/t19-/m0/s1. The van der Waals surface area contributed by atoms with Crippen LogP contribution in [0.5, 0.6) is 11.5 Å². The van der Waals surface area contributed by atoms with Crippen LogP contribution in [-0.2, 0) is 6.61 Å². The van der Waals surface area contributed by atoms with Gasteiger partial charge >= 0.3 is 0 Å². The molecule has 0 aromatic heterocycles. The Bertz CT molecular complexity index is 548. The molecule has 0 unspecified atom stereocenters. The third-order valence-electron chi connectivity index (χ3n) is 4.38. The van der Waals surface area contributed by atoms with Gasteiger partial charge in [0.25, 0.3) is 0 Å². The maximum atomic E-state index is 5.80. The van der Waals surface area contributed by atoms with Gasteiger partial charge in [-0.05, 0) is 42.2 Å². The second kappa shape index (κ2) is 10.7. The van der Waals surface area contributed by atoms with Crippen molar-refractivity contribution in [1.29, 1.82) is 0 Å². The summed E-state index contributed by atoms with van der Waals surface area (Å²) in [5.41, 5.74) is 1.18. The molecule has 0 N–H and O–H groups in total. The lowest BCUT2D eigenvalue weighted by molar-refractivity contribution is 0.295. The van der Waals surface area contributed by atoms with Gasteiger partial charge in [-0.1, -0.05) is 69.9 Å². The van der Waals surface area contributed by atoms with Gasteiger partial charge in [0.05, 0.1) is 6.61 Å². The van der Waals surface area contributed by atoms with Crippen molar-refractivity contribution in [2.24, 2.45) is 5.92 Å². The SMILES string of the molecule is CC[C@H](C)CCCCCOc1ccc(OCc2ccccc2)cc1. The second-order valence-corrected chi connectivity index (χ2v) is 6.46. The van der Waals surface area contributed by atoms with E-state index >= 15 is 0 Å². The van der Waals surface area contributed by atoms with Gasteiger partial charge < -0.3 is 9.47 Å². The first-order chi connectivity index (χ1) is 11.8. The Hall–Kier alpha value is -1.96. The zero-order valence-electron chi connectivity index (χ0n) is 15.0. The van der Waals surface area contributed by atoms with Crippen molar-refractivity contribution < 1.29 is 9.47 Å². The third kappa shape index (κ3) is 7.08. The van der Waals surface area contributed by atoms with Crippen LogP contribution in [0, 0.1) is 5.92 Å². The maximum absolute atomic E-state index is 5.80. The molecule has 0 amide bonds. The molecule has 2 heteroatoms. The van der Waals surface area contributed by atoms with E-state index in [9.17, 15) is 0 Å². The summed E-state index contributed by atoms with van der Waals surface area (Å²) in [6, 6.07) is 18.1. The Balaban J connectivity index is 1.61. The summed E-state index contributed by atoms with van der Waals surface area (Å²) in [4.78, 5) is 0. The third-order valence-corrected chi connectivity index (χ3v) is 4.38. The lowest BCUT2D eigenvalue weighted by Gasteiger charge is -2.10. The summed E-state index contributed by atoms with van der Waals surface area (Å²) in [5, 5.41) is 0. The molecule has 2 nitrogen and oxygen atoms in total. The maximum Gasteiger partial charge on any atom is 0.120 e. The summed E-state index contributed by atoms with van der Waals surface area (Å²) in [5.74, 6) is 2.65.